The van der Waals surface area contributed by atoms with Gasteiger partial charge >= 0.3 is 0 Å². The van der Waals surface area contributed by atoms with Gasteiger partial charge in [0.25, 0.3) is 0 Å². The average molecular weight is 313 g/mol. The lowest BCUT2D eigenvalue weighted by atomic mass is 9.85. The van der Waals surface area contributed by atoms with Crippen molar-refractivity contribution in [3.8, 4) is 6.07 Å². The van der Waals surface area contributed by atoms with E-state index in [4.69, 9.17) is 5.26 Å². The lowest BCUT2D eigenvalue weighted by Crippen LogP contribution is -2.09. The lowest BCUT2D eigenvalue weighted by molar-refractivity contribution is 0.353. The number of hydrogen-bond acceptors (Lipinski definition) is 1. The summed E-state index contributed by atoms with van der Waals surface area (Å²) in [4.78, 5) is 0. The summed E-state index contributed by atoms with van der Waals surface area (Å²) < 4.78 is 0. The molecular weight excluding hydrogens is 290 g/mol. The molecule has 0 amide bonds. The molecule has 1 atom stereocenters. The molecule has 0 saturated heterocycles. The van der Waals surface area contributed by atoms with Crippen LogP contribution in [0.2, 0.25) is 0 Å². The molecule has 0 bridgehead atoms. The van der Waals surface area contributed by atoms with Gasteiger partial charge in [0.05, 0.1) is 6.07 Å². The van der Waals surface area contributed by atoms with Gasteiger partial charge in [-0.15, -0.1) is 0 Å². The fraction of sp³-hybridized carbons (Fsp3) is 0.261. The van der Waals surface area contributed by atoms with E-state index in [1.807, 2.05) is 6.07 Å². The van der Waals surface area contributed by atoms with Crippen molar-refractivity contribution in [2.75, 3.05) is 0 Å². The highest BCUT2D eigenvalue weighted by atomic mass is 14.4. The van der Waals surface area contributed by atoms with Crippen molar-refractivity contribution < 1.29 is 0 Å². The lowest BCUT2D eigenvalue weighted by Gasteiger charge is -2.18. The highest BCUT2D eigenvalue weighted by molar-refractivity contribution is 5.81. The smallest absolute Gasteiger partial charge is 0.0627 e. The molecule has 24 heavy (non-hydrogen) atoms. The maximum absolute atomic E-state index is 9.11. The van der Waals surface area contributed by atoms with E-state index in [-0.39, 0.29) is 5.41 Å². The molecule has 1 nitrogen and oxygen atoms in total. The molecule has 0 heterocycles. The van der Waals surface area contributed by atoms with Crippen LogP contribution < -0.4 is 0 Å². The number of nitrogens with zero attached hydrogens (tertiary/aromatic N) is 1. The number of hydrogen-bond donors (Lipinski definition) is 0. The van der Waals surface area contributed by atoms with Crippen LogP contribution in [0.25, 0.3) is 11.6 Å². The van der Waals surface area contributed by atoms with Crippen LogP contribution in [0.1, 0.15) is 43.7 Å². The highest BCUT2D eigenvalue weighted by Crippen LogP contribution is 2.46. The minimum Gasteiger partial charge on any atom is -0.198 e. The standard InChI is InChI=1S/C23H23N/c1-23(16-17-24)15-14-21(18-23)22(20-10-6-3-7-11-20)13-12-19-8-4-2-5-9-19/h2-13H,14-16,18H2,1H3/b13-12+,22-21+. The summed E-state index contributed by atoms with van der Waals surface area (Å²) in [6.07, 6.45) is 8.28. The average Bonchev–Trinajstić information content (AvgIpc) is 2.99. The number of benzene rings is 2. The Morgan fingerprint density at radius 2 is 1.75 bits per heavy atom. The molecule has 3 rings (SSSR count). The van der Waals surface area contributed by atoms with Crippen molar-refractivity contribution in [2.24, 2.45) is 5.41 Å². The van der Waals surface area contributed by atoms with E-state index < -0.39 is 0 Å². The van der Waals surface area contributed by atoms with Gasteiger partial charge in [-0.05, 0) is 41.4 Å². The maximum atomic E-state index is 9.11. The quantitative estimate of drug-likeness (QED) is 0.653. The van der Waals surface area contributed by atoms with E-state index in [2.05, 4.69) is 79.7 Å². The molecule has 0 N–H and O–H groups in total. The summed E-state index contributed by atoms with van der Waals surface area (Å²) in [5, 5.41) is 9.11. The van der Waals surface area contributed by atoms with Gasteiger partial charge in [-0.25, -0.2) is 0 Å². The van der Waals surface area contributed by atoms with Crippen molar-refractivity contribution >= 4 is 11.6 Å². The van der Waals surface area contributed by atoms with Gasteiger partial charge < -0.3 is 0 Å². The molecule has 2 aromatic carbocycles. The Morgan fingerprint density at radius 3 is 2.42 bits per heavy atom. The first-order valence-corrected chi connectivity index (χ1v) is 8.58. The molecule has 1 heteroatoms. The van der Waals surface area contributed by atoms with Crippen LogP contribution in [0.15, 0.2) is 72.3 Å². The van der Waals surface area contributed by atoms with Gasteiger partial charge in [-0.2, -0.15) is 5.26 Å². The Balaban J connectivity index is 1.96. The molecule has 1 aliphatic rings. The topological polar surface area (TPSA) is 23.8 Å². The largest absolute Gasteiger partial charge is 0.198 e. The van der Waals surface area contributed by atoms with Crippen LogP contribution in [0.3, 0.4) is 0 Å². The van der Waals surface area contributed by atoms with Gasteiger partial charge in [-0.3, -0.25) is 0 Å². The van der Waals surface area contributed by atoms with Crippen molar-refractivity contribution in [3.63, 3.8) is 0 Å². The molecule has 120 valence electrons. The predicted octanol–water partition coefficient (Wildman–Crippen LogP) is 6.26. The Labute approximate surface area is 145 Å². The second kappa shape index (κ2) is 7.32. The summed E-state index contributed by atoms with van der Waals surface area (Å²) in [6.45, 7) is 2.24. The summed E-state index contributed by atoms with van der Waals surface area (Å²) in [5.74, 6) is 0. The second-order valence-electron chi connectivity index (χ2n) is 6.95. The number of rotatable bonds is 4. The normalized spacial score (nSPS) is 22.5. The van der Waals surface area contributed by atoms with Crippen LogP contribution >= 0.6 is 0 Å². The zero-order valence-corrected chi connectivity index (χ0v) is 14.2. The van der Waals surface area contributed by atoms with E-state index in [1.54, 1.807) is 0 Å². The molecule has 0 aliphatic heterocycles. The number of allylic oxidation sites excluding steroid dienone is 3. The Hall–Kier alpha value is -2.59. The van der Waals surface area contributed by atoms with E-state index >= 15 is 0 Å². The molecule has 1 aliphatic carbocycles. The zero-order valence-electron chi connectivity index (χ0n) is 14.2. The molecule has 1 saturated carbocycles. The third-order valence-corrected chi connectivity index (χ3v) is 4.88. The molecule has 1 fully saturated rings. The van der Waals surface area contributed by atoms with Crippen molar-refractivity contribution in [2.45, 2.75) is 32.6 Å². The first kappa shape index (κ1) is 16.3. The zero-order chi connectivity index (χ0) is 16.8. The molecule has 0 radical (unpaired) electrons. The van der Waals surface area contributed by atoms with Gasteiger partial charge in [0.15, 0.2) is 0 Å². The minimum absolute atomic E-state index is 0.130. The molecule has 2 aromatic rings. The molecule has 0 spiro atoms. The van der Waals surface area contributed by atoms with Crippen LogP contribution in [0.4, 0.5) is 0 Å². The summed E-state index contributed by atoms with van der Waals surface area (Å²) in [7, 11) is 0. The van der Waals surface area contributed by atoms with Gasteiger partial charge in [-0.1, -0.05) is 85.3 Å². The molecule has 0 aromatic heterocycles. The number of nitriles is 1. The minimum atomic E-state index is 0.130. The Bertz CT molecular complexity index is 778. The Morgan fingerprint density at radius 1 is 1.08 bits per heavy atom. The molecular formula is C23H23N. The molecule has 1 unspecified atom stereocenters. The fourth-order valence-electron chi connectivity index (χ4n) is 3.50. The third kappa shape index (κ3) is 3.84. The SMILES string of the molecule is CC1(CC#N)CC/C(=C(/C=C/c2ccccc2)c2ccccc2)C1. The van der Waals surface area contributed by atoms with Crippen LogP contribution in [-0.2, 0) is 0 Å². The van der Waals surface area contributed by atoms with E-state index in [9.17, 15) is 0 Å². The third-order valence-electron chi connectivity index (χ3n) is 4.88. The summed E-state index contributed by atoms with van der Waals surface area (Å²) >= 11 is 0. The van der Waals surface area contributed by atoms with E-state index in [0.717, 1.165) is 19.3 Å². The van der Waals surface area contributed by atoms with Crippen LogP contribution in [0, 0.1) is 16.7 Å². The van der Waals surface area contributed by atoms with Crippen LogP contribution in [-0.4, -0.2) is 0 Å². The predicted molar refractivity (Wildman–Crippen MR) is 101 cm³/mol. The first-order valence-electron chi connectivity index (χ1n) is 8.58. The van der Waals surface area contributed by atoms with Crippen molar-refractivity contribution in [1.29, 1.82) is 5.26 Å². The fourth-order valence-corrected chi connectivity index (χ4v) is 3.50. The highest BCUT2D eigenvalue weighted by Gasteiger charge is 2.32. The van der Waals surface area contributed by atoms with Crippen molar-refractivity contribution in [1.82, 2.24) is 0 Å². The maximum Gasteiger partial charge on any atom is 0.0627 e. The second-order valence-corrected chi connectivity index (χ2v) is 6.95. The van der Waals surface area contributed by atoms with Gasteiger partial charge in [0, 0.05) is 6.42 Å². The van der Waals surface area contributed by atoms with Gasteiger partial charge in [0.1, 0.15) is 0 Å². The van der Waals surface area contributed by atoms with E-state index in [1.165, 1.54) is 22.3 Å². The van der Waals surface area contributed by atoms with Crippen molar-refractivity contribution in [3.05, 3.63) is 83.4 Å². The summed E-state index contributed by atoms with van der Waals surface area (Å²) in [6, 6.07) is 23.4. The van der Waals surface area contributed by atoms with Crippen LogP contribution in [0.5, 0.6) is 0 Å². The Kier molecular flexibility index (Phi) is 4.96. The summed E-state index contributed by atoms with van der Waals surface area (Å²) in [5.41, 5.74) is 5.41. The van der Waals surface area contributed by atoms with Gasteiger partial charge in [0.2, 0.25) is 0 Å². The monoisotopic (exact) mass is 313 g/mol. The first-order chi connectivity index (χ1) is 11.7. The van der Waals surface area contributed by atoms with E-state index in [0.29, 0.717) is 6.42 Å².